The van der Waals surface area contributed by atoms with Crippen molar-refractivity contribution >= 4 is 23.0 Å². The van der Waals surface area contributed by atoms with E-state index in [4.69, 9.17) is 5.73 Å². The molecule has 0 saturated heterocycles. The van der Waals surface area contributed by atoms with Crippen LogP contribution in [0, 0.1) is 6.92 Å². The molecule has 3 aromatic rings. The van der Waals surface area contributed by atoms with E-state index in [0.717, 1.165) is 36.6 Å². The Kier molecular flexibility index (Phi) is 3.98. The zero-order chi connectivity index (χ0) is 17.2. The number of anilines is 4. The van der Waals surface area contributed by atoms with Gasteiger partial charge in [0.05, 0.1) is 0 Å². The molecule has 4 rings (SSSR count). The zero-order valence-corrected chi connectivity index (χ0v) is 14.2. The SMILES string of the molecule is Cc1ccccc1Nc1ncnc(N2CCc3ccccc3C2)c1N. The molecule has 1 aromatic heterocycles. The van der Waals surface area contributed by atoms with Gasteiger partial charge in [0.25, 0.3) is 0 Å². The number of hydrogen-bond donors (Lipinski definition) is 2. The summed E-state index contributed by atoms with van der Waals surface area (Å²) in [6.45, 7) is 3.78. The third-order valence-corrected chi connectivity index (χ3v) is 4.69. The number of nitrogens with one attached hydrogen (secondary N) is 1. The van der Waals surface area contributed by atoms with E-state index in [1.165, 1.54) is 11.1 Å². The van der Waals surface area contributed by atoms with Gasteiger partial charge in [-0.1, -0.05) is 42.5 Å². The summed E-state index contributed by atoms with van der Waals surface area (Å²) in [4.78, 5) is 11.0. The van der Waals surface area contributed by atoms with Crippen LogP contribution in [0.25, 0.3) is 0 Å². The molecule has 0 atom stereocenters. The van der Waals surface area contributed by atoms with Crippen molar-refractivity contribution in [3.05, 3.63) is 71.5 Å². The number of aryl methyl sites for hydroxylation is 1. The van der Waals surface area contributed by atoms with Gasteiger partial charge in [0.15, 0.2) is 11.6 Å². The number of hydrogen-bond acceptors (Lipinski definition) is 5. The summed E-state index contributed by atoms with van der Waals surface area (Å²) in [5.41, 5.74) is 11.9. The van der Waals surface area contributed by atoms with E-state index in [1.807, 2.05) is 18.2 Å². The van der Waals surface area contributed by atoms with Gasteiger partial charge in [0.2, 0.25) is 0 Å². The molecule has 0 unspecified atom stereocenters. The quantitative estimate of drug-likeness (QED) is 0.766. The number of nitrogens with two attached hydrogens (primary N) is 1. The number of nitrogens with zero attached hydrogens (tertiary/aromatic N) is 3. The van der Waals surface area contributed by atoms with Crippen LogP contribution in [-0.4, -0.2) is 16.5 Å². The number of rotatable bonds is 3. The van der Waals surface area contributed by atoms with Crippen LogP contribution in [0.3, 0.4) is 0 Å². The molecule has 2 aromatic carbocycles. The largest absolute Gasteiger partial charge is 0.393 e. The van der Waals surface area contributed by atoms with Gasteiger partial charge in [-0.15, -0.1) is 0 Å². The standard InChI is InChI=1S/C20H21N5/c1-14-6-2-5-9-17(14)24-19-18(21)20(23-13-22-19)25-11-10-15-7-3-4-8-16(15)12-25/h2-9,13H,10-12,21H2,1H3,(H,22,23,24). The van der Waals surface area contributed by atoms with Crippen LogP contribution in [0.1, 0.15) is 16.7 Å². The summed E-state index contributed by atoms with van der Waals surface area (Å²) >= 11 is 0. The summed E-state index contributed by atoms with van der Waals surface area (Å²) in [6, 6.07) is 16.6. The molecular weight excluding hydrogens is 310 g/mol. The fourth-order valence-corrected chi connectivity index (χ4v) is 3.26. The summed E-state index contributed by atoms with van der Waals surface area (Å²) in [5, 5.41) is 3.34. The lowest BCUT2D eigenvalue weighted by Gasteiger charge is -2.30. The molecule has 1 aliphatic rings. The second-order valence-corrected chi connectivity index (χ2v) is 6.34. The zero-order valence-electron chi connectivity index (χ0n) is 14.2. The molecule has 0 aliphatic carbocycles. The van der Waals surface area contributed by atoms with Crippen molar-refractivity contribution in [3.63, 3.8) is 0 Å². The van der Waals surface area contributed by atoms with Crippen molar-refractivity contribution in [1.29, 1.82) is 0 Å². The first-order chi connectivity index (χ1) is 12.2. The number of aromatic nitrogens is 2. The molecule has 5 heteroatoms. The first-order valence-electron chi connectivity index (χ1n) is 8.47. The van der Waals surface area contributed by atoms with E-state index >= 15 is 0 Å². The Labute approximate surface area is 147 Å². The highest BCUT2D eigenvalue weighted by Crippen LogP contribution is 2.32. The Morgan fingerprint density at radius 3 is 2.60 bits per heavy atom. The minimum atomic E-state index is 0.588. The van der Waals surface area contributed by atoms with Crippen LogP contribution in [0.15, 0.2) is 54.9 Å². The Bertz CT molecular complexity index is 906. The third-order valence-electron chi connectivity index (χ3n) is 4.69. The lowest BCUT2D eigenvalue weighted by Crippen LogP contribution is -2.31. The van der Waals surface area contributed by atoms with Gasteiger partial charge in [-0.25, -0.2) is 9.97 Å². The normalized spacial score (nSPS) is 13.4. The maximum Gasteiger partial charge on any atom is 0.159 e. The molecule has 0 spiro atoms. The molecule has 0 saturated carbocycles. The van der Waals surface area contributed by atoms with Gasteiger partial charge in [-0.05, 0) is 36.1 Å². The van der Waals surface area contributed by atoms with Gasteiger partial charge < -0.3 is 16.0 Å². The molecule has 126 valence electrons. The van der Waals surface area contributed by atoms with Crippen molar-refractivity contribution in [3.8, 4) is 0 Å². The van der Waals surface area contributed by atoms with Crippen molar-refractivity contribution in [2.24, 2.45) is 0 Å². The number of nitrogen functional groups attached to an aromatic ring is 1. The summed E-state index contributed by atoms with van der Waals surface area (Å²) in [5.74, 6) is 1.44. The summed E-state index contributed by atoms with van der Waals surface area (Å²) in [7, 11) is 0. The summed E-state index contributed by atoms with van der Waals surface area (Å²) in [6.07, 6.45) is 2.58. The molecule has 0 fully saturated rings. The fraction of sp³-hybridized carbons (Fsp3) is 0.200. The monoisotopic (exact) mass is 331 g/mol. The number of benzene rings is 2. The second-order valence-electron chi connectivity index (χ2n) is 6.34. The van der Waals surface area contributed by atoms with E-state index in [-0.39, 0.29) is 0 Å². The average Bonchev–Trinajstić information content (AvgIpc) is 2.65. The highest BCUT2D eigenvalue weighted by atomic mass is 15.2. The van der Waals surface area contributed by atoms with E-state index in [9.17, 15) is 0 Å². The van der Waals surface area contributed by atoms with Gasteiger partial charge in [0, 0.05) is 18.8 Å². The maximum atomic E-state index is 6.40. The lowest BCUT2D eigenvalue weighted by molar-refractivity contribution is 0.721. The highest BCUT2D eigenvalue weighted by Gasteiger charge is 2.20. The molecule has 3 N–H and O–H groups in total. The number of fused-ring (bicyclic) bond motifs is 1. The molecular formula is C20H21N5. The van der Waals surface area contributed by atoms with Crippen molar-refractivity contribution in [1.82, 2.24) is 9.97 Å². The lowest BCUT2D eigenvalue weighted by atomic mass is 10.00. The van der Waals surface area contributed by atoms with Crippen LogP contribution in [0.4, 0.5) is 23.0 Å². The Hall–Kier alpha value is -3.08. The topological polar surface area (TPSA) is 67.1 Å². The molecule has 0 radical (unpaired) electrons. The van der Waals surface area contributed by atoms with Crippen molar-refractivity contribution in [2.75, 3.05) is 22.5 Å². The van der Waals surface area contributed by atoms with E-state index in [1.54, 1.807) is 6.33 Å². The molecule has 5 nitrogen and oxygen atoms in total. The molecule has 0 bridgehead atoms. The average molecular weight is 331 g/mol. The Morgan fingerprint density at radius 1 is 1.00 bits per heavy atom. The van der Waals surface area contributed by atoms with Crippen LogP contribution in [0.2, 0.25) is 0 Å². The first-order valence-corrected chi connectivity index (χ1v) is 8.47. The van der Waals surface area contributed by atoms with Gasteiger partial charge in [-0.3, -0.25) is 0 Å². The Balaban J connectivity index is 1.63. The molecule has 2 heterocycles. The minimum absolute atomic E-state index is 0.588. The van der Waals surface area contributed by atoms with Crippen LogP contribution in [0.5, 0.6) is 0 Å². The summed E-state index contributed by atoms with van der Waals surface area (Å²) < 4.78 is 0. The second kappa shape index (κ2) is 6.43. The molecule has 1 aliphatic heterocycles. The maximum absolute atomic E-state index is 6.40. The van der Waals surface area contributed by atoms with Crippen LogP contribution >= 0.6 is 0 Å². The minimum Gasteiger partial charge on any atom is -0.393 e. The number of para-hydroxylation sites is 1. The van der Waals surface area contributed by atoms with Gasteiger partial charge in [0.1, 0.15) is 12.0 Å². The predicted molar refractivity (Wildman–Crippen MR) is 102 cm³/mol. The molecule has 25 heavy (non-hydrogen) atoms. The Morgan fingerprint density at radius 2 is 1.76 bits per heavy atom. The highest BCUT2D eigenvalue weighted by molar-refractivity contribution is 5.79. The van der Waals surface area contributed by atoms with Gasteiger partial charge in [-0.2, -0.15) is 0 Å². The van der Waals surface area contributed by atoms with Crippen LogP contribution in [-0.2, 0) is 13.0 Å². The molecule has 0 amide bonds. The van der Waals surface area contributed by atoms with Crippen molar-refractivity contribution < 1.29 is 0 Å². The predicted octanol–water partition coefficient (Wildman–Crippen LogP) is 3.67. The van der Waals surface area contributed by atoms with E-state index < -0.39 is 0 Å². The third kappa shape index (κ3) is 3.01. The first kappa shape index (κ1) is 15.4. The fourth-order valence-electron chi connectivity index (χ4n) is 3.26. The van der Waals surface area contributed by atoms with Crippen LogP contribution < -0.4 is 16.0 Å². The van der Waals surface area contributed by atoms with Crippen molar-refractivity contribution in [2.45, 2.75) is 19.9 Å². The van der Waals surface area contributed by atoms with E-state index in [0.29, 0.717) is 11.5 Å². The smallest absolute Gasteiger partial charge is 0.159 e. The van der Waals surface area contributed by atoms with Gasteiger partial charge >= 0.3 is 0 Å². The van der Waals surface area contributed by atoms with E-state index in [2.05, 4.69) is 57.4 Å².